The van der Waals surface area contributed by atoms with Gasteiger partial charge < -0.3 is 9.47 Å². The molecule has 2 bridgehead atoms. The van der Waals surface area contributed by atoms with Crippen LogP contribution in [0.25, 0.3) is 0 Å². The van der Waals surface area contributed by atoms with Crippen molar-refractivity contribution in [2.75, 3.05) is 7.11 Å². The second-order valence-corrected chi connectivity index (χ2v) is 5.75. The fourth-order valence-electron chi connectivity index (χ4n) is 3.37. The van der Waals surface area contributed by atoms with Crippen LogP contribution in [0.2, 0.25) is 5.02 Å². The molecule has 0 N–H and O–H groups in total. The van der Waals surface area contributed by atoms with Crippen LogP contribution in [-0.2, 0) is 14.3 Å². The zero-order valence-corrected chi connectivity index (χ0v) is 11.6. The lowest BCUT2D eigenvalue weighted by Gasteiger charge is -2.35. The number of fused-ring (bicyclic) bond motifs is 2. The van der Waals surface area contributed by atoms with Gasteiger partial charge in [-0.15, -0.1) is 0 Å². The first-order valence-corrected chi connectivity index (χ1v) is 7.05. The molecule has 1 aromatic rings. The number of carbonyl (C=O) groups excluding carboxylic acids is 1. The first kappa shape index (κ1) is 12.9. The summed E-state index contributed by atoms with van der Waals surface area (Å²) in [6.45, 7) is 0. The van der Waals surface area contributed by atoms with E-state index >= 15 is 0 Å². The maximum absolute atomic E-state index is 12.1. The highest BCUT2D eigenvalue weighted by Gasteiger charge is 2.47. The third-order valence-corrected chi connectivity index (χ3v) is 4.51. The van der Waals surface area contributed by atoms with Crippen molar-refractivity contribution in [1.82, 2.24) is 0 Å². The van der Waals surface area contributed by atoms with E-state index in [0.717, 1.165) is 24.8 Å². The Kier molecular flexibility index (Phi) is 3.50. The lowest BCUT2D eigenvalue weighted by molar-refractivity contribution is -0.156. The Morgan fingerprint density at radius 2 is 2.05 bits per heavy atom. The highest BCUT2D eigenvalue weighted by Crippen LogP contribution is 2.45. The molecule has 3 rings (SSSR count). The second-order valence-electron chi connectivity index (χ2n) is 5.32. The van der Waals surface area contributed by atoms with Gasteiger partial charge >= 0.3 is 5.97 Å². The topological polar surface area (TPSA) is 35.5 Å². The quantitative estimate of drug-likeness (QED) is 0.781. The zero-order chi connectivity index (χ0) is 13.4. The molecule has 0 amide bonds. The summed E-state index contributed by atoms with van der Waals surface area (Å²) < 4.78 is 10.9. The molecule has 2 aliphatic rings. The van der Waals surface area contributed by atoms with Crippen molar-refractivity contribution in [3.8, 4) is 0 Å². The Morgan fingerprint density at radius 3 is 2.74 bits per heavy atom. The summed E-state index contributed by atoms with van der Waals surface area (Å²) in [4.78, 5) is 12.1. The van der Waals surface area contributed by atoms with Crippen molar-refractivity contribution in [2.45, 2.75) is 37.4 Å². The third-order valence-electron chi connectivity index (χ3n) is 4.26. The molecule has 0 saturated carbocycles. The lowest BCUT2D eigenvalue weighted by Crippen LogP contribution is -2.39. The first-order chi connectivity index (χ1) is 9.19. The minimum Gasteiger partial charge on any atom is -0.469 e. The molecule has 2 saturated heterocycles. The van der Waals surface area contributed by atoms with Crippen molar-refractivity contribution >= 4 is 17.6 Å². The summed E-state index contributed by atoms with van der Waals surface area (Å²) in [7, 11) is 1.45. The molecule has 0 aromatic heterocycles. The molecular weight excluding hydrogens is 264 g/mol. The number of carbonyl (C=O) groups is 1. The molecule has 19 heavy (non-hydrogen) atoms. The number of esters is 1. The van der Waals surface area contributed by atoms with Gasteiger partial charge in [0.2, 0.25) is 0 Å². The number of rotatable bonds is 2. The summed E-state index contributed by atoms with van der Waals surface area (Å²) in [5.74, 6) is -0.175. The van der Waals surface area contributed by atoms with E-state index in [4.69, 9.17) is 21.1 Å². The van der Waals surface area contributed by atoms with E-state index in [-0.39, 0.29) is 30.0 Å². The third kappa shape index (κ3) is 2.37. The van der Waals surface area contributed by atoms with E-state index in [9.17, 15) is 4.79 Å². The Bertz CT molecular complexity index is 471. The fraction of sp³-hybridized carbons (Fsp3) is 0.533. The van der Waals surface area contributed by atoms with Gasteiger partial charge in [-0.25, -0.2) is 0 Å². The summed E-state index contributed by atoms with van der Waals surface area (Å²) >= 11 is 5.93. The fourth-order valence-corrected chi connectivity index (χ4v) is 3.49. The SMILES string of the molecule is COC(=O)C1C(c2ccc(Cl)cc2)CC2CC[C@H]1O2. The van der Waals surface area contributed by atoms with Gasteiger partial charge in [0.15, 0.2) is 0 Å². The van der Waals surface area contributed by atoms with Crippen LogP contribution in [0.3, 0.4) is 0 Å². The van der Waals surface area contributed by atoms with Gasteiger partial charge in [-0.1, -0.05) is 23.7 Å². The maximum Gasteiger partial charge on any atom is 0.311 e. The molecule has 2 heterocycles. The van der Waals surface area contributed by atoms with Crippen LogP contribution in [0.15, 0.2) is 24.3 Å². The van der Waals surface area contributed by atoms with Crippen LogP contribution in [0, 0.1) is 5.92 Å². The van der Waals surface area contributed by atoms with Crippen LogP contribution in [0.5, 0.6) is 0 Å². The van der Waals surface area contributed by atoms with Gasteiger partial charge in [0.25, 0.3) is 0 Å². The van der Waals surface area contributed by atoms with E-state index < -0.39 is 0 Å². The largest absolute Gasteiger partial charge is 0.469 e. The predicted octanol–water partition coefficient (Wildman–Crippen LogP) is 3.16. The Labute approximate surface area is 117 Å². The zero-order valence-electron chi connectivity index (χ0n) is 10.8. The van der Waals surface area contributed by atoms with Crippen molar-refractivity contribution in [2.24, 2.45) is 5.92 Å². The van der Waals surface area contributed by atoms with E-state index in [0.29, 0.717) is 5.02 Å². The number of methoxy groups -OCH3 is 1. The number of benzene rings is 1. The maximum atomic E-state index is 12.1. The average Bonchev–Trinajstić information content (AvgIpc) is 2.80. The number of ether oxygens (including phenoxy) is 2. The lowest BCUT2D eigenvalue weighted by atomic mass is 9.79. The smallest absolute Gasteiger partial charge is 0.311 e. The molecule has 4 atom stereocenters. The van der Waals surface area contributed by atoms with Crippen LogP contribution in [0.4, 0.5) is 0 Å². The molecule has 102 valence electrons. The molecule has 2 fully saturated rings. The van der Waals surface area contributed by atoms with Gasteiger partial charge in [-0.2, -0.15) is 0 Å². The molecular formula is C15H17ClO3. The molecule has 0 aliphatic carbocycles. The molecule has 2 aliphatic heterocycles. The van der Waals surface area contributed by atoms with Gasteiger partial charge in [0, 0.05) is 10.9 Å². The van der Waals surface area contributed by atoms with E-state index in [2.05, 4.69) is 0 Å². The number of hydrogen-bond donors (Lipinski definition) is 0. The molecule has 0 spiro atoms. The highest BCUT2D eigenvalue weighted by atomic mass is 35.5. The van der Waals surface area contributed by atoms with Crippen molar-refractivity contribution < 1.29 is 14.3 Å². The van der Waals surface area contributed by atoms with Crippen molar-refractivity contribution in [3.05, 3.63) is 34.9 Å². The summed E-state index contributed by atoms with van der Waals surface area (Å²) in [6.07, 6.45) is 3.17. The van der Waals surface area contributed by atoms with Crippen LogP contribution >= 0.6 is 11.6 Å². The average molecular weight is 281 g/mol. The highest BCUT2D eigenvalue weighted by molar-refractivity contribution is 6.30. The Balaban J connectivity index is 1.92. The van der Waals surface area contributed by atoms with E-state index in [1.165, 1.54) is 7.11 Å². The van der Waals surface area contributed by atoms with Crippen LogP contribution < -0.4 is 0 Å². The van der Waals surface area contributed by atoms with Crippen LogP contribution in [0.1, 0.15) is 30.7 Å². The van der Waals surface area contributed by atoms with Crippen molar-refractivity contribution in [3.63, 3.8) is 0 Å². The molecule has 4 heteroatoms. The molecule has 1 aromatic carbocycles. The van der Waals surface area contributed by atoms with Gasteiger partial charge in [0.05, 0.1) is 25.2 Å². The Morgan fingerprint density at radius 1 is 1.32 bits per heavy atom. The molecule has 3 nitrogen and oxygen atoms in total. The number of hydrogen-bond acceptors (Lipinski definition) is 3. The Hall–Kier alpha value is -1.06. The minimum atomic E-state index is -0.190. The second kappa shape index (κ2) is 5.14. The van der Waals surface area contributed by atoms with Crippen LogP contribution in [-0.4, -0.2) is 25.3 Å². The predicted molar refractivity (Wildman–Crippen MR) is 72.2 cm³/mol. The monoisotopic (exact) mass is 280 g/mol. The summed E-state index contributed by atoms with van der Waals surface area (Å²) in [5.41, 5.74) is 1.15. The standard InChI is InChI=1S/C15H17ClO3/c1-18-15(17)14-12(8-11-6-7-13(14)19-11)9-2-4-10(16)5-3-9/h2-5,11-14H,6-8H2,1H3/t11?,12?,13-,14?/m1/s1. The minimum absolute atomic E-state index is 0.00637. The molecule has 0 radical (unpaired) electrons. The normalized spacial score (nSPS) is 33.2. The van der Waals surface area contributed by atoms with E-state index in [1.54, 1.807) is 0 Å². The van der Waals surface area contributed by atoms with Gasteiger partial charge in [0.1, 0.15) is 0 Å². The number of halogens is 1. The van der Waals surface area contributed by atoms with Gasteiger partial charge in [-0.3, -0.25) is 4.79 Å². The summed E-state index contributed by atoms with van der Waals surface area (Å²) in [6, 6.07) is 7.77. The summed E-state index contributed by atoms with van der Waals surface area (Å²) in [5, 5.41) is 0.716. The first-order valence-electron chi connectivity index (χ1n) is 6.68. The molecule has 3 unspecified atom stereocenters. The van der Waals surface area contributed by atoms with E-state index in [1.807, 2.05) is 24.3 Å². The van der Waals surface area contributed by atoms with Crippen molar-refractivity contribution in [1.29, 1.82) is 0 Å². The van der Waals surface area contributed by atoms with Gasteiger partial charge in [-0.05, 0) is 37.0 Å².